The first-order valence-electron chi connectivity index (χ1n) is 25.3. The zero-order chi connectivity index (χ0) is 53.9. The molecule has 414 valence electrons. The van der Waals surface area contributed by atoms with E-state index in [9.17, 15) is 58.8 Å². The average molecular weight is 1070 g/mol. The van der Waals surface area contributed by atoms with Gasteiger partial charge >= 0.3 is 33.3 Å². The van der Waals surface area contributed by atoms with Crippen molar-refractivity contribution >= 4 is 33.4 Å². The van der Waals surface area contributed by atoms with Crippen molar-refractivity contribution in [1.82, 2.24) is 9.55 Å². The Morgan fingerprint density at radius 2 is 1.36 bits per heavy atom. The SMILES string of the molecule is CCCCC/C=C\C/C=C\CCCCCCCC(=O)O[C@H](COC(=O)CCC[C@@H](O)[C@H](O)/C=C/C=C/C=C\C=C\[C@H](O)CCCCC)COP(=O)(O)OP(=O)(O)OC[C@H]1O[C@@H](n2ccc(N)nc2=O)[C@H](O)[C@@H]1O. The molecule has 2 heterocycles. The lowest BCUT2D eigenvalue weighted by atomic mass is 10.1. The van der Waals surface area contributed by atoms with Crippen LogP contribution in [0, 0.1) is 0 Å². The Bertz CT molecular complexity index is 2060. The van der Waals surface area contributed by atoms with Crippen molar-refractivity contribution in [3.05, 3.63) is 95.7 Å². The Kier molecular flexibility index (Phi) is 33.7. The summed E-state index contributed by atoms with van der Waals surface area (Å²) in [7, 11) is -11.0. The van der Waals surface area contributed by atoms with Crippen molar-refractivity contribution in [3.63, 3.8) is 0 Å². The molecular formula is C50H81N3O18P2. The first-order chi connectivity index (χ1) is 34.9. The summed E-state index contributed by atoms with van der Waals surface area (Å²) in [6.45, 7) is 1.66. The number of phosphoric ester groups is 2. The molecule has 2 rings (SSSR count). The van der Waals surface area contributed by atoms with E-state index in [4.69, 9.17) is 29.0 Å². The van der Waals surface area contributed by atoms with Crippen LogP contribution in [0.2, 0.25) is 0 Å². The number of hydrogen-bond donors (Lipinski definition) is 8. The number of esters is 2. The van der Waals surface area contributed by atoms with Crippen LogP contribution in [0.25, 0.3) is 0 Å². The molecule has 0 bridgehead atoms. The third kappa shape index (κ3) is 30.3. The fourth-order valence-electron chi connectivity index (χ4n) is 7.02. The van der Waals surface area contributed by atoms with Gasteiger partial charge < -0.3 is 55.3 Å². The number of nitrogens with two attached hydrogens (primary N) is 1. The number of carbonyl (C=O) groups is 2. The molecule has 10 atom stereocenters. The van der Waals surface area contributed by atoms with E-state index in [2.05, 4.69) is 47.4 Å². The van der Waals surface area contributed by atoms with Crippen molar-refractivity contribution < 1.29 is 81.6 Å². The molecule has 2 unspecified atom stereocenters. The van der Waals surface area contributed by atoms with Crippen molar-refractivity contribution in [1.29, 1.82) is 0 Å². The Morgan fingerprint density at radius 3 is 2.04 bits per heavy atom. The van der Waals surface area contributed by atoms with Gasteiger partial charge in [-0.25, -0.2) is 13.9 Å². The predicted molar refractivity (Wildman–Crippen MR) is 274 cm³/mol. The molecule has 1 saturated heterocycles. The summed E-state index contributed by atoms with van der Waals surface area (Å²) < 4.78 is 56.5. The second-order valence-corrected chi connectivity index (χ2v) is 20.6. The highest BCUT2D eigenvalue weighted by Gasteiger charge is 2.46. The van der Waals surface area contributed by atoms with Crippen LogP contribution in [-0.2, 0) is 46.3 Å². The van der Waals surface area contributed by atoms with Crippen LogP contribution in [0.4, 0.5) is 5.82 Å². The lowest BCUT2D eigenvalue weighted by Gasteiger charge is -2.21. The molecule has 73 heavy (non-hydrogen) atoms. The van der Waals surface area contributed by atoms with Gasteiger partial charge in [-0.3, -0.25) is 23.2 Å². The maximum absolute atomic E-state index is 12.9. The van der Waals surface area contributed by atoms with Crippen LogP contribution in [-0.4, -0.2) is 119 Å². The van der Waals surface area contributed by atoms with E-state index in [1.807, 2.05) is 0 Å². The van der Waals surface area contributed by atoms with Gasteiger partial charge in [-0.1, -0.05) is 138 Å². The third-order valence-electron chi connectivity index (χ3n) is 11.1. The summed E-state index contributed by atoms with van der Waals surface area (Å²) in [6, 6.07) is 1.22. The topological polar surface area (TPSA) is 326 Å². The maximum atomic E-state index is 12.9. The molecule has 1 aliphatic rings. The van der Waals surface area contributed by atoms with Gasteiger partial charge in [-0.15, -0.1) is 0 Å². The fraction of sp³-hybridized carbons (Fsp3) is 0.640. The summed E-state index contributed by atoms with van der Waals surface area (Å²) in [6.07, 6.45) is 26.2. The summed E-state index contributed by atoms with van der Waals surface area (Å²) in [5.41, 5.74) is 4.55. The highest BCUT2D eigenvalue weighted by Crippen LogP contribution is 2.60. The minimum atomic E-state index is -5.51. The number of aromatic nitrogens is 2. The Morgan fingerprint density at radius 1 is 0.753 bits per heavy atom. The number of nitrogens with zero attached hydrogens (tertiary/aromatic N) is 2. The number of allylic oxidation sites excluding steroid dienone is 10. The number of anilines is 1. The molecule has 1 aromatic rings. The first kappa shape index (κ1) is 65.2. The molecule has 1 aliphatic heterocycles. The largest absolute Gasteiger partial charge is 0.481 e. The highest BCUT2D eigenvalue weighted by molar-refractivity contribution is 7.61. The number of aliphatic hydroxyl groups excluding tert-OH is 5. The lowest BCUT2D eigenvalue weighted by molar-refractivity contribution is -0.161. The molecule has 0 spiro atoms. The number of aliphatic hydroxyl groups is 5. The number of unbranched alkanes of at least 4 members (excludes halogenated alkanes) is 10. The van der Waals surface area contributed by atoms with Crippen LogP contribution in [0.3, 0.4) is 0 Å². The van der Waals surface area contributed by atoms with E-state index in [0.717, 1.165) is 68.6 Å². The van der Waals surface area contributed by atoms with Crippen molar-refractivity contribution in [3.8, 4) is 0 Å². The molecule has 0 aromatic carbocycles. The van der Waals surface area contributed by atoms with E-state index < -0.39 is 102 Å². The molecule has 1 fully saturated rings. The molecule has 0 saturated carbocycles. The number of nitrogen functional groups attached to an aromatic ring is 1. The summed E-state index contributed by atoms with van der Waals surface area (Å²) in [4.78, 5) is 61.9. The second kappa shape index (κ2) is 37.8. The summed E-state index contributed by atoms with van der Waals surface area (Å²) in [5, 5.41) is 51.6. The van der Waals surface area contributed by atoms with Crippen LogP contribution in [0.15, 0.2) is 90.0 Å². The summed E-state index contributed by atoms with van der Waals surface area (Å²) in [5.74, 6) is -1.67. The van der Waals surface area contributed by atoms with E-state index in [1.54, 1.807) is 42.5 Å². The second-order valence-electron chi connectivity index (χ2n) is 17.5. The van der Waals surface area contributed by atoms with Gasteiger partial charge in [-0.2, -0.15) is 9.29 Å². The normalized spacial score (nSPS) is 20.9. The van der Waals surface area contributed by atoms with Crippen LogP contribution >= 0.6 is 15.6 Å². The van der Waals surface area contributed by atoms with E-state index in [-0.39, 0.29) is 31.5 Å². The Balaban J connectivity index is 1.90. The van der Waals surface area contributed by atoms with Gasteiger partial charge in [0.1, 0.15) is 30.7 Å². The number of ether oxygens (including phenoxy) is 3. The molecular weight excluding hydrogens is 993 g/mol. The van der Waals surface area contributed by atoms with E-state index >= 15 is 0 Å². The van der Waals surface area contributed by atoms with Crippen LogP contribution in [0.5, 0.6) is 0 Å². The molecule has 23 heteroatoms. The van der Waals surface area contributed by atoms with Crippen molar-refractivity contribution in [2.75, 3.05) is 25.6 Å². The van der Waals surface area contributed by atoms with Crippen molar-refractivity contribution in [2.24, 2.45) is 0 Å². The smallest absolute Gasteiger partial charge is 0.462 e. The van der Waals surface area contributed by atoms with Gasteiger partial charge in [0.05, 0.1) is 31.5 Å². The highest BCUT2D eigenvalue weighted by atomic mass is 31.3. The summed E-state index contributed by atoms with van der Waals surface area (Å²) >= 11 is 0. The van der Waals surface area contributed by atoms with Crippen LogP contribution < -0.4 is 11.4 Å². The number of carbonyl (C=O) groups excluding carboxylic acids is 2. The molecule has 1 aromatic heterocycles. The van der Waals surface area contributed by atoms with Gasteiger partial charge in [0.25, 0.3) is 0 Å². The van der Waals surface area contributed by atoms with Gasteiger partial charge in [0, 0.05) is 19.0 Å². The average Bonchev–Trinajstić information content (AvgIpc) is 3.62. The lowest BCUT2D eigenvalue weighted by Crippen LogP contribution is -2.36. The molecule has 0 aliphatic carbocycles. The maximum Gasteiger partial charge on any atom is 0.481 e. The molecule has 0 amide bonds. The van der Waals surface area contributed by atoms with Gasteiger partial charge in [0.15, 0.2) is 12.3 Å². The number of rotatable bonds is 40. The van der Waals surface area contributed by atoms with Gasteiger partial charge in [-0.05, 0) is 63.9 Å². The third-order valence-corrected chi connectivity index (χ3v) is 13.7. The Labute approximate surface area is 429 Å². The zero-order valence-corrected chi connectivity index (χ0v) is 44.0. The molecule has 0 radical (unpaired) electrons. The first-order valence-corrected chi connectivity index (χ1v) is 28.3. The minimum Gasteiger partial charge on any atom is -0.462 e. The zero-order valence-electron chi connectivity index (χ0n) is 42.2. The van der Waals surface area contributed by atoms with E-state index in [0.29, 0.717) is 19.3 Å². The fourth-order valence-corrected chi connectivity index (χ4v) is 9.13. The van der Waals surface area contributed by atoms with Crippen molar-refractivity contribution in [2.45, 2.75) is 185 Å². The molecule has 9 N–H and O–H groups in total. The quantitative estimate of drug-likeness (QED) is 0.0108. The van der Waals surface area contributed by atoms with Gasteiger partial charge in [0.2, 0.25) is 0 Å². The monoisotopic (exact) mass is 1070 g/mol. The predicted octanol–water partition coefficient (Wildman–Crippen LogP) is 7.02. The molecule has 21 nitrogen and oxygen atoms in total. The minimum absolute atomic E-state index is 0.00604. The standard InChI is InChI=1S/C50H81N3O18P2/c1-3-5-7-8-9-10-11-12-13-14-15-16-17-22-26-32-46(58)69-40(36-66-45(57)33-27-31-42(56)41(55)30-25-21-19-18-20-24-29-39(54)28-23-6-4-2)37-67-72(62,63)71-73(64,65)68-38-43-47(59)48(60)49(70-43)53-35-34-44(51)52-50(53)61/h9-10,12-13,18-21,24-25,29-30,34-35,39-43,47-49,54-56,59-60H,3-8,11,14-17,22-23,26-28,31-33,36-38H2,1-2H3,(H,62,63)(H,64,65)(H2,51,52,61)/b10-9-,13-12-,20-18-,21-19+,29-24+,30-25+/t39-,40-,41-,42-,43-,47-,48-,49-/m1/s1. The number of phosphoric acid groups is 2. The number of hydrogen-bond acceptors (Lipinski definition) is 18. The van der Waals surface area contributed by atoms with E-state index in [1.165, 1.54) is 31.4 Å². The van der Waals surface area contributed by atoms with Crippen LogP contribution in [0.1, 0.15) is 142 Å². The Hall–Kier alpha value is -3.92.